The van der Waals surface area contributed by atoms with E-state index in [1.165, 1.54) is 11.9 Å². The van der Waals surface area contributed by atoms with Crippen molar-refractivity contribution in [1.82, 2.24) is 35.1 Å². The molecular weight excluding hydrogens is 1130 g/mol. The molecule has 0 radical (unpaired) electrons. The third-order valence-corrected chi connectivity index (χ3v) is 19.1. The number of likely N-dealkylation sites (N-methyl/N-ethyl adjacent to an activating group) is 1. The number of ether oxygens (including phenoxy) is 2. The van der Waals surface area contributed by atoms with Gasteiger partial charge in [0.1, 0.15) is 29.3 Å². The van der Waals surface area contributed by atoms with Gasteiger partial charge >= 0.3 is 12.1 Å². The quantitative estimate of drug-likeness (QED) is 0.0675. The maximum absolute atomic E-state index is 15.1. The summed E-state index contributed by atoms with van der Waals surface area (Å²) >= 11 is 0. The summed E-state index contributed by atoms with van der Waals surface area (Å²) in [6.07, 6.45) is 12.6. The van der Waals surface area contributed by atoms with Crippen LogP contribution in [0.3, 0.4) is 0 Å². The van der Waals surface area contributed by atoms with Crippen LogP contribution in [0.5, 0.6) is 0 Å². The summed E-state index contributed by atoms with van der Waals surface area (Å²) in [4.78, 5) is 123. The SMILES string of the molecule is CC(C(=O)OC(C)(C)C)[C@@H](C)C(=O)N[C@H](C(=O)N1CCC[C@H]1CN(CCc1ccccc1)C(=O)c1ccc2cc(C(=O)N(CCc3ccccc3)C[C@@H]3CCCN3C(=O)[C@@H](NC(=O)[C@H](C)N(C)C(=O)OC(C)(C)C)C3CCCCC3)ccc2c1)C1CCCCC1. The Hall–Kier alpha value is -7.30. The van der Waals surface area contributed by atoms with Crippen molar-refractivity contribution in [2.45, 2.75) is 206 Å². The van der Waals surface area contributed by atoms with Crippen LogP contribution in [-0.4, -0.2) is 160 Å². The van der Waals surface area contributed by atoms with Crippen LogP contribution in [-0.2, 0) is 46.3 Å². The van der Waals surface area contributed by atoms with Gasteiger partial charge in [0.05, 0.1) is 5.92 Å². The topological polar surface area (TPSA) is 195 Å². The second kappa shape index (κ2) is 31.1. The molecule has 4 aliphatic rings. The Bertz CT molecular complexity index is 2910. The molecule has 2 saturated carbocycles. The Morgan fingerprint density at radius 3 is 1.33 bits per heavy atom. The lowest BCUT2D eigenvalue weighted by atomic mass is 9.82. The van der Waals surface area contributed by atoms with Gasteiger partial charge in [0.25, 0.3) is 11.8 Å². The van der Waals surface area contributed by atoms with Gasteiger partial charge in [0.15, 0.2) is 0 Å². The molecule has 7 atom stereocenters. The van der Waals surface area contributed by atoms with Gasteiger partial charge in [-0.2, -0.15) is 0 Å². The minimum atomic E-state index is -0.895. The highest BCUT2D eigenvalue weighted by Gasteiger charge is 2.43. The molecule has 4 fully saturated rings. The molecule has 488 valence electrons. The van der Waals surface area contributed by atoms with Gasteiger partial charge in [0, 0.05) is 75.4 Å². The van der Waals surface area contributed by atoms with E-state index in [2.05, 4.69) is 10.6 Å². The van der Waals surface area contributed by atoms with E-state index in [0.29, 0.717) is 76.1 Å². The van der Waals surface area contributed by atoms with Gasteiger partial charge < -0.3 is 39.7 Å². The van der Waals surface area contributed by atoms with Gasteiger partial charge in [-0.15, -0.1) is 0 Å². The monoisotopic (exact) mass is 1240 g/mol. The van der Waals surface area contributed by atoms with E-state index in [4.69, 9.17) is 9.47 Å². The van der Waals surface area contributed by atoms with E-state index in [9.17, 15) is 19.2 Å². The summed E-state index contributed by atoms with van der Waals surface area (Å²) in [5, 5.41) is 7.83. The van der Waals surface area contributed by atoms with Crippen LogP contribution >= 0.6 is 0 Å². The van der Waals surface area contributed by atoms with Gasteiger partial charge in [-0.1, -0.05) is 125 Å². The van der Waals surface area contributed by atoms with Crippen molar-refractivity contribution in [3.8, 4) is 0 Å². The number of carbonyl (C=O) groups is 8. The summed E-state index contributed by atoms with van der Waals surface area (Å²) < 4.78 is 11.2. The van der Waals surface area contributed by atoms with Crippen LogP contribution in [0.25, 0.3) is 10.8 Å². The number of amides is 7. The first-order valence-electron chi connectivity index (χ1n) is 33.5. The molecule has 90 heavy (non-hydrogen) atoms. The lowest BCUT2D eigenvalue weighted by Gasteiger charge is -2.37. The molecule has 0 aromatic heterocycles. The average Bonchev–Trinajstić information content (AvgIpc) is 3.60. The van der Waals surface area contributed by atoms with E-state index in [1.807, 2.05) is 117 Å². The lowest BCUT2D eigenvalue weighted by molar-refractivity contribution is -0.162. The maximum Gasteiger partial charge on any atom is 0.410 e. The van der Waals surface area contributed by atoms with Crippen molar-refractivity contribution in [1.29, 1.82) is 0 Å². The van der Waals surface area contributed by atoms with Gasteiger partial charge in [0.2, 0.25) is 23.6 Å². The normalized spacial score (nSPS) is 19.2. The minimum absolute atomic E-state index is 0.0559. The third kappa shape index (κ3) is 18.4. The van der Waals surface area contributed by atoms with Crippen LogP contribution in [0.2, 0.25) is 0 Å². The van der Waals surface area contributed by atoms with Crippen molar-refractivity contribution >= 4 is 58.3 Å². The minimum Gasteiger partial charge on any atom is -0.460 e. The average molecular weight is 1240 g/mol. The maximum atomic E-state index is 15.1. The fourth-order valence-electron chi connectivity index (χ4n) is 13.5. The summed E-state index contributed by atoms with van der Waals surface area (Å²) in [6.45, 7) is 18.1. The molecule has 2 heterocycles. The lowest BCUT2D eigenvalue weighted by Crippen LogP contribution is -2.58. The van der Waals surface area contributed by atoms with Crippen molar-refractivity contribution in [2.24, 2.45) is 23.7 Å². The highest BCUT2D eigenvalue weighted by Crippen LogP contribution is 2.33. The molecule has 1 unspecified atom stereocenters. The number of hydrogen-bond donors (Lipinski definition) is 2. The zero-order chi connectivity index (χ0) is 64.9. The zero-order valence-corrected chi connectivity index (χ0v) is 55.3. The van der Waals surface area contributed by atoms with Crippen LogP contribution in [0.4, 0.5) is 4.79 Å². The third-order valence-electron chi connectivity index (χ3n) is 19.1. The summed E-state index contributed by atoms with van der Waals surface area (Å²) in [7, 11) is 1.53. The predicted molar refractivity (Wildman–Crippen MR) is 350 cm³/mol. The number of carbonyl (C=O) groups excluding carboxylic acids is 8. The van der Waals surface area contributed by atoms with Crippen molar-refractivity contribution in [3.05, 3.63) is 119 Å². The van der Waals surface area contributed by atoms with Crippen LogP contribution in [0.15, 0.2) is 97.1 Å². The summed E-state index contributed by atoms with van der Waals surface area (Å²) in [6, 6.07) is 28.2. The number of rotatable bonds is 23. The van der Waals surface area contributed by atoms with E-state index >= 15 is 19.2 Å². The smallest absolute Gasteiger partial charge is 0.410 e. The highest BCUT2D eigenvalue weighted by atomic mass is 16.6. The van der Waals surface area contributed by atoms with Crippen LogP contribution < -0.4 is 10.6 Å². The molecule has 8 rings (SSSR count). The molecule has 0 bridgehead atoms. The van der Waals surface area contributed by atoms with Crippen molar-refractivity contribution in [2.75, 3.05) is 46.3 Å². The standard InChI is InChI=1S/C73H101N7O10/c1-49(50(2)70(87)89-72(4,5)6)64(81)74-62(54-29-19-13-20-30-54)68(85)79-41-23-33-60(79)47-77(43-39-52-25-15-11-16-26-52)66(83)58-37-35-57-46-59(38-36-56(57)45-58)67(84)78(44-40-53-27-17-12-18-28-53)48-61-34-24-42-80(61)69(86)63(55-31-21-14-22-32-55)75-65(82)51(3)76(10)71(88)90-73(7,8)9/h11-12,15-18,25-28,35-38,45-46,49-51,54-55,60-63H,13-14,19-24,29-34,39-44,47-48H2,1-10H3,(H,74,81)(H,75,82)/t49-,50?,51+,60+,61+,62+,63+/m1/s1. The number of likely N-dealkylation sites (tertiary alicyclic amines) is 2. The Morgan fingerprint density at radius 1 is 0.511 bits per heavy atom. The van der Waals surface area contributed by atoms with Gasteiger partial charge in [-0.25, -0.2) is 4.79 Å². The Labute approximate surface area is 534 Å². The number of esters is 1. The largest absolute Gasteiger partial charge is 0.460 e. The molecule has 7 amide bonds. The Kier molecular flexibility index (Phi) is 23.7. The Morgan fingerprint density at radius 2 is 0.922 bits per heavy atom. The first-order chi connectivity index (χ1) is 42.8. The summed E-state index contributed by atoms with van der Waals surface area (Å²) in [5.74, 6) is -3.48. The fourth-order valence-corrected chi connectivity index (χ4v) is 13.5. The number of fused-ring (bicyclic) bond motifs is 1. The molecule has 17 heteroatoms. The number of benzene rings is 4. The van der Waals surface area contributed by atoms with Crippen LogP contribution in [0, 0.1) is 23.7 Å². The van der Waals surface area contributed by atoms with Crippen molar-refractivity contribution < 1.29 is 47.8 Å². The van der Waals surface area contributed by atoms with Gasteiger partial charge in [-0.3, -0.25) is 38.5 Å². The number of nitrogens with one attached hydrogen (secondary N) is 2. The van der Waals surface area contributed by atoms with E-state index in [0.717, 1.165) is 98.9 Å². The second-order valence-corrected chi connectivity index (χ2v) is 28.1. The number of nitrogens with zero attached hydrogens (tertiary/aromatic N) is 5. The molecule has 17 nitrogen and oxygen atoms in total. The van der Waals surface area contributed by atoms with E-state index < -0.39 is 59.1 Å². The molecule has 0 spiro atoms. The van der Waals surface area contributed by atoms with Crippen LogP contribution in [0.1, 0.15) is 184 Å². The highest BCUT2D eigenvalue weighted by molar-refractivity contribution is 6.02. The van der Waals surface area contributed by atoms with E-state index in [-0.39, 0.29) is 53.5 Å². The first kappa shape index (κ1) is 68.6. The predicted octanol–water partition coefficient (Wildman–Crippen LogP) is 11.2. The fraction of sp³-hybridized carbons (Fsp3) is 0.589. The molecule has 2 N–H and O–H groups in total. The molecular formula is C73H101N7O10. The Balaban J connectivity index is 1.01. The first-order valence-corrected chi connectivity index (χ1v) is 33.5. The van der Waals surface area contributed by atoms with Crippen molar-refractivity contribution in [3.63, 3.8) is 0 Å². The summed E-state index contributed by atoms with van der Waals surface area (Å²) in [5.41, 5.74) is 1.65. The molecule has 2 aliphatic carbocycles. The molecule has 2 aliphatic heterocycles. The second-order valence-electron chi connectivity index (χ2n) is 28.1. The number of hydrogen-bond acceptors (Lipinski definition) is 10. The molecule has 2 saturated heterocycles. The van der Waals surface area contributed by atoms with Gasteiger partial charge in [-0.05, 0) is 171 Å². The van der Waals surface area contributed by atoms with E-state index in [1.54, 1.807) is 62.3 Å². The zero-order valence-electron chi connectivity index (χ0n) is 55.3. The molecule has 4 aromatic carbocycles. The molecule has 4 aromatic rings.